The Morgan fingerprint density at radius 1 is 1.17 bits per heavy atom. The van der Waals surface area contributed by atoms with Crippen molar-refractivity contribution in [2.45, 2.75) is 66.1 Å². The lowest BCUT2D eigenvalue weighted by molar-refractivity contribution is -0.383. The van der Waals surface area contributed by atoms with Crippen molar-refractivity contribution in [2.75, 3.05) is 12.3 Å². The van der Waals surface area contributed by atoms with E-state index >= 15 is 0 Å². The van der Waals surface area contributed by atoms with E-state index in [4.69, 9.17) is 10.5 Å². The summed E-state index contributed by atoms with van der Waals surface area (Å²) in [6.07, 6.45) is 4.50. The number of ether oxygens (including phenoxy) is 1. The Morgan fingerprint density at radius 2 is 1.76 bits per heavy atom. The topological polar surface area (TPSA) is 124 Å². The van der Waals surface area contributed by atoms with Gasteiger partial charge in [-0.3, -0.25) is 10.1 Å². The molecule has 0 aliphatic carbocycles. The normalized spacial score (nSPS) is 15.6. The molecule has 3 N–H and O–H groups in total. The van der Waals surface area contributed by atoms with Gasteiger partial charge < -0.3 is 15.6 Å². The first-order valence-electron chi connectivity index (χ1n) is 10.0. The average molecular weight is 405 g/mol. The van der Waals surface area contributed by atoms with Gasteiger partial charge in [-0.15, -0.1) is 0 Å². The summed E-state index contributed by atoms with van der Waals surface area (Å²) < 4.78 is 5.64. The van der Waals surface area contributed by atoms with E-state index in [1.54, 1.807) is 19.9 Å². The monoisotopic (exact) mass is 404 g/mol. The third-order valence-corrected chi connectivity index (χ3v) is 4.20. The zero-order valence-electron chi connectivity index (χ0n) is 18.1. The van der Waals surface area contributed by atoms with E-state index in [1.807, 2.05) is 27.7 Å². The fraction of sp³-hybridized carbons (Fsp3) is 0.524. The van der Waals surface area contributed by atoms with Crippen LogP contribution >= 0.6 is 0 Å². The summed E-state index contributed by atoms with van der Waals surface area (Å²) in [4.78, 5) is 19.2. The van der Waals surface area contributed by atoms with Gasteiger partial charge in [-0.05, 0) is 38.3 Å². The van der Waals surface area contributed by atoms with Crippen LogP contribution in [0.4, 0.5) is 11.4 Å². The van der Waals surface area contributed by atoms with Gasteiger partial charge in [0.05, 0.1) is 11.0 Å². The highest BCUT2D eigenvalue weighted by Gasteiger charge is 2.26. The summed E-state index contributed by atoms with van der Waals surface area (Å²) in [5, 5.41) is 21.3. The molecule has 0 radical (unpaired) electrons. The second-order valence-corrected chi connectivity index (χ2v) is 6.61. The number of nitrogens with zero attached hydrogens (tertiary/aromatic N) is 3. The van der Waals surface area contributed by atoms with Gasteiger partial charge in [-0.25, -0.2) is 9.97 Å². The standard InChI is InChI=1S/C17H20N4O4.2C2H6/c1-17(2,22)16-19-8-11(9-20-16)10-6-12(14-4-3-5-25-14)15(18)13(7-10)21(23)24;2*1-2/h6-9,14,22H,3-5,18H2,1-2H3;2*1-2H3. The Kier molecular flexibility index (Phi) is 9.13. The molecule has 8 nitrogen and oxygen atoms in total. The number of aromatic nitrogens is 2. The Morgan fingerprint density at radius 3 is 2.21 bits per heavy atom. The molecule has 3 rings (SSSR count). The van der Waals surface area contributed by atoms with Crippen molar-refractivity contribution in [2.24, 2.45) is 0 Å². The SMILES string of the molecule is CC.CC.CC(C)(O)c1ncc(-c2cc(C3CCCO3)c(N)c([N+](=O)[O-])c2)cn1. The summed E-state index contributed by atoms with van der Waals surface area (Å²) in [5.41, 5.74) is 6.64. The third-order valence-electron chi connectivity index (χ3n) is 4.20. The highest BCUT2D eigenvalue weighted by molar-refractivity contribution is 5.75. The molecule has 0 saturated carbocycles. The molecule has 1 saturated heterocycles. The van der Waals surface area contributed by atoms with Crippen LogP contribution < -0.4 is 5.73 Å². The number of nitro groups is 1. The van der Waals surface area contributed by atoms with Gasteiger partial charge in [0, 0.05) is 36.2 Å². The second-order valence-electron chi connectivity index (χ2n) is 6.61. The lowest BCUT2D eigenvalue weighted by atomic mass is 9.97. The average Bonchev–Trinajstić information content (AvgIpc) is 3.25. The molecule has 1 unspecified atom stereocenters. The molecule has 0 bridgehead atoms. The van der Waals surface area contributed by atoms with E-state index in [0.717, 1.165) is 12.8 Å². The summed E-state index contributed by atoms with van der Waals surface area (Å²) in [7, 11) is 0. The number of aliphatic hydroxyl groups is 1. The van der Waals surface area contributed by atoms with Crippen LogP contribution in [0.15, 0.2) is 24.5 Å². The molecule has 1 aromatic heterocycles. The number of hydrogen-bond donors (Lipinski definition) is 2. The number of nitro benzene ring substituents is 1. The minimum atomic E-state index is -1.16. The highest BCUT2D eigenvalue weighted by Crippen LogP contribution is 2.39. The van der Waals surface area contributed by atoms with Crippen molar-refractivity contribution in [3.05, 3.63) is 46.0 Å². The number of anilines is 1. The van der Waals surface area contributed by atoms with Gasteiger partial charge in [-0.2, -0.15) is 0 Å². The van der Waals surface area contributed by atoms with E-state index in [2.05, 4.69) is 9.97 Å². The predicted molar refractivity (Wildman–Crippen MR) is 114 cm³/mol. The first-order chi connectivity index (χ1) is 13.8. The zero-order chi connectivity index (χ0) is 22.2. The first kappa shape index (κ1) is 24.5. The summed E-state index contributed by atoms with van der Waals surface area (Å²) in [6, 6.07) is 3.21. The van der Waals surface area contributed by atoms with Gasteiger partial charge in [-0.1, -0.05) is 27.7 Å². The smallest absolute Gasteiger partial charge is 0.293 e. The minimum Gasteiger partial charge on any atom is -0.393 e. The van der Waals surface area contributed by atoms with Crippen LogP contribution in [0.2, 0.25) is 0 Å². The molecule has 0 spiro atoms. The molecular formula is C21H32N4O4. The molecule has 160 valence electrons. The highest BCUT2D eigenvalue weighted by atomic mass is 16.6. The van der Waals surface area contributed by atoms with Crippen LogP contribution in [0.5, 0.6) is 0 Å². The van der Waals surface area contributed by atoms with Crippen LogP contribution in [0.25, 0.3) is 11.1 Å². The van der Waals surface area contributed by atoms with Crippen molar-refractivity contribution in [3.8, 4) is 11.1 Å². The number of benzene rings is 1. The van der Waals surface area contributed by atoms with Crippen molar-refractivity contribution in [1.29, 1.82) is 0 Å². The minimum absolute atomic E-state index is 0.134. The number of nitrogens with two attached hydrogens (primary N) is 1. The van der Waals surface area contributed by atoms with Crippen LogP contribution in [0, 0.1) is 10.1 Å². The molecular weight excluding hydrogens is 372 g/mol. The van der Waals surface area contributed by atoms with Gasteiger partial charge in [0.15, 0.2) is 5.82 Å². The van der Waals surface area contributed by atoms with Crippen LogP contribution in [-0.2, 0) is 10.3 Å². The lowest BCUT2D eigenvalue weighted by Gasteiger charge is -2.16. The molecule has 2 aromatic rings. The Hall–Kier alpha value is -2.58. The number of hydrogen-bond acceptors (Lipinski definition) is 7. The molecule has 8 heteroatoms. The molecule has 1 aromatic carbocycles. The predicted octanol–water partition coefficient (Wildman–Crippen LogP) is 4.77. The largest absolute Gasteiger partial charge is 0.393 e. The number of nitrogen functional groups attached to an aromatic ring is 1. The van der Waals surface area contributed by atoms with E-state index in [0.29, 0.717) is 23.3 Å². The molecule has 0 amide bonds. The molecule has 1 aliphatic heterocycles. The second kappa shape index (κ2) is 10.8. The molecule has 1 atom stereocenters. The Bertz CT molecular complexity index is 796. The van der Waals surface area contributed by atoms with Crippen molar-refractivity contribution in [1.82, 2.24) is 9.97 Å². The van der Waals surface area contributed by atoms with Gasteiger partial charge in [0.1, 0.15) is 11.3 Å². The lowest BCUT2D eigenvalue weighted by Crippen LogP contribution is -2.19. The van der Waals surface area contributed by atoms with Crippen LogP contribution in [-0.4, -0.2) is 26.6 Å². The van der Waals surface area contributed by atoms with Crippen molar-refractivity contribution in [3.63, 3.8) is 0 Å². The Labute approximate surface area is 172 Å². The molecule has 2 heterocycles. The number of rotatable bonds is 4. The fourth-order valence-corrected chi connectivity index (χ4v) is 2.86. The molecule has 29 heavy (non-hydrogen) atoms. The fourth-order valence-electron chi connectivity index (χ4n) is 2.86. The quantitative estimate of drug-likeness (QED) is 0.427. The van der Waals surface area contributed by atoms with Crippen molar-refractivity contribution >= 4 is 11.4 Å². The van der Waals surface area contributed by atoms with Crippen molar-refractivity contribution < 1.29 is 14.8 Å². The maximum Gasteiger partial charge on any atom is 0.293 e. The van der Waals surface area contributed by atoms with Gasteiger partial charge in [0.25, 0.3) is 5.69 Å². The third kappa shape index (κ3) is 5.95. The van der Waals surface area contributed by atoms with E-state index in [1.165, 1.54) is 18.5 Å². The van der Waals surface area contributed by atoms with E-state index in [-0.39, 0.29) is 23.3 Å². The zero-order valence-corrected chi connectivity index (χ0v) is 18.1. The maximum absolute atomic E-state index is 11.4. The maximum atomic E-state index is 11.4. The Balaban J connectivity index is 0.000000989. The summed E-state index contributed by atoms with van der Waals surface area (Å²) in [5.74, 6) is 0.278. The summed E-state index contributed by atoms with van der Waals surface area (Å²) >= 11 is 0. The van der Waals surface area contributed by atoms with Gasteiger partial charge in [0.2, 0.25) is 0 Å². The van der Waals surface area contributed by atoms with E-state index < -0.39 is 10.5 Å². The summed E-state index contributed by atoms with van der Waals surface area (Å²) in [6.45, 7) is 11.8. The molecule has 1 aliphatic rings. The van der Waals surface area contributed by atoms with Crippen LogP contribution in [0.1, 0.15) is 71.9 Å². The first-order valence-corrected chi connectivity index (χ1v) is 10.0. The molecule has 1 fully saturated rings. The van der Waals surface area contributed by atoms with Crippen LogP contribution in [0.3, 0.4) is 0 Å². The van der Waals surface area contributed by atoms with E-state index in [9.17, 15) is 15.2 Å². The van der Waals surface area contributed by atoms with Gasteiger partial charge >= 0.3 is 0 Å².